The molecule has 2 heterocycles. The standard InChI is InChI=1S/C24H31N3O2/c1-18-10-13-27(24(28)29-17-20-6-4-3-5-7-20)19(2)23-16-21(8-9-22(18)23)26-14-11-25-12-15-26/h3-9,16,18-19,25H,10-15,17H2,1-2H3/t18-,19+/m0/s1. The van der Waals surface area contributed by atoms with Crippen LogP contribution in [0.1, 0.15) is 48.9 Å². The molecule has 0 spiro atoms. The van der Waals surface area contributed by atoms with E-state index in [4.69, 9.17) is 4.74 Å². The Morgan fingerprint density at radius 2 is 1.79 bits per heavy atom. The summed E-state index contributed by atoms with van der Waals surface area (Å²) in [6, 6.07) is 16.7. The number of nitrogens with zero attached hydrogens (tertiary/aromatic N) is 2. The number of hydrogen-bond acceptors (Lipinski definition) is 4. The summed E-state index contributed by atoms with van der Waals surface area (Å²) < 4.78 is 5.66. The van der Waals surface area contributed by atoms with Gasteiger partial charge in [-0.2, -0.15) is 0 Å². The second kappa shape index (κ2) is 8.87. The van der Waals surface area contributed by atoms with Crippen molar-refractivity contribution in [2.45, 2.75) is 38.8 Å². The van der Waals surface area contributed by atoms with Crippen LogP contribution in [0.5, 0.6) is 0 Å². The van der Waals surface area contributed by atoms with E-state index in [9.17, 15) is 4.79 Å². The molecule has 0 bridgehead atoms. The maximum atomic E-state index is 12.9. The highest BCUT2D eigenvalue weighted by Gasteiger charge is 2.30. The van der Waals surface area contributed by atoms with Gasteiger partial charge in [-0.25, -0.2) is 4.79 Å². The van der Waals surface area contributed by atoms with Crippen molar-refractivity contribution in [1.82, 2.24) is 10.2 Å². The van der Waals surface area contributed by atoms with Gasteiger partial charge >= 0.3 is 6.09 Å². The monoisotopic (exact) mass is 393 g/mol. The lowest BCUT2D eigenvalue weighted by molar-refractivity contribution is 0.0834. The number of ether oxygens (including phenoxy) is 1. The first-order valence-electron chi connectivity index (χ1n) is 10.7. The molecule has 2 atom stereocenters. The number of benzene rings is 2. The van der Waals surface area contributed by atoms with Gasteiger partial charge in [0.05, 0.1) is 6.04 Å². The lowest BCUT2D eigenvalue weighted by Crippen LogP contribution is -2.43. The minimum absolute atomic E-state index is 0.00101. The van der Waals surface area contributed by atoms with Crippen LogP contribution in [0.15, 0.2) is 48.5 Å². The maximum absolute atomic E-state index is 12.9. The largest absolute Gasteiger partial charge is 0.445 e. The van der Waals surface area contributed by atoms with Crippen LogP contribution in [0, 0.1) is 0 Å². The lowest BCUT2D eigenvalue weighted by atomic mass is 9.91. The summed E-state index contributed by atoms with van der Waals surface area (Å²) in [5.41, 5.74) is 4.87. The number of anilines is 1. The van der Waals surface area contributed by atoms with Gasteiger partial charge in [-0.05, 0) is 48.1 Å². The molecule has 1 saturated heterocycles. The van der Waals surface area contributed by atoms with Gasteiger partial charge in [-0.1, -0.05) is 43.3 Å². The van der Waals surface area contributed by atoms with E-state index in [0.717, 1.165) is 38.2 Å². The molecule has 2 aliphatic rings. The number of nitrogens with one attached hydrogen (secondary N) is 1. The Hall–Kier alpha value is -2.53. The van der Waals surface area contributed by atoms with Crippen molar-refractivity contribution in [3.05, 3.63) is 65.2 Å². The van der Waals surface area contributed by atoms with Gasteiger partial charge < -0.3 is 19.9 Å². The van der Waals surface area contributed by atoms with Crippen molar-refractivity contribution in [2.24, 2.45) is 0 Å². The van der Waals surface area contributed by atoms with Crippen molar-refractivity contribution < 1.29 is 9.53 Å². The third-order valence-electron chi connectivity index (χ3n) is 6.24. The van der Waals surface area contributed by atoms with Gasteiger partial charge in [0.15, 0.2) is 0 Å². The van der Waals surface area contributed by atoms with Gasteiger partial charge in [0.1, 0.15) is 6.61 Å². The van der Waals surface area contributed by atoms with E-state index in [2.05, 4.69) is 42.3 Å². The maximum Gasteiger partial charge on any atom is 0.410 e. The molecular formula is C24H31N3O2. The minimum atomic E-state index is -0.228. The van der Waals surface area contributed by atoms with E-state index < -0.39 is 0 Å². The Bertz CT molecular complexity index is 833. The molecule has 1 amide bonds. The van der Waals surface area contributed by atoms with Gasteiger partial charge in [0, 0.05) is 38.4 Å². The van der Waals surface area contributed by atoms with E-state index in [0.29, 0.717) is 19.1 Å². The Morgan fingerprint density at radius 3 is 2.55 bits per heavy atom. The van der Waals surface area contributed by atoms with Gasteiger partial charge in [0.2, 0.25) is 0 Å². The minimum Gasteiger partial charge on any atom is -0.445 e. The first-order valence-corrected chi connectivity index (χ1v) is 10.7. The molecule has 2 aromatic carbocycles. The summed E-state index contributed by atoms with van der Waals surface area (Å²) >= 11 is 0. The first kappa shape index (κ1) is 19.8. The van der Waals surface area contributed by atoms with Crippen LogP contribution in [-0.2, 0) is 11.3 Å². The number of rotatable bonds is 3. The van der Waals surface area contributed by atoms with Crippen molar-refractivity contribution in [2.75, 3.05) is 37.6 Å². The summed E-state index contributed by atoms with van der Waals surface area (Å²) in [6.07, 6.45) is 0.721. The third-order valence-corrected chi connectivity index (χ3v) is 6.24. The number of carbonyl (C=O) groups is 1. The fourth-order valence-corrected chi connectivity index (χ4v) is 4.39. The van der Waals surface area contributed by atoms with E-state index in [-0.39, 0.29) is 12.1 Å². The molecule has 29 heavy (non-hydrogen) atoms. The number of piperazine rings is 1. The average molecular weight is 394 g/mol. The topological polar surface area (TPSA) is 44.8 Å². The smallest absolute Gasteiger partial charge is 0.410 e. The quantitative estimate of drug-likeness (QED) is 0.844. The second-order valence-corrected chi connectivity index (χ2v) is 8.15. The number of hydrogen-bond donors (Lipinski definition) is 1. The summed E-state index contributed by atoms with van der Waals surface area (Å²) in [4.78, 5) is 17.2. The van der Waals surface area contributed by atoms with Crippen LogP contribution in [0.2, 0.25) is 0 Å². The number of fused-ring (bicyclic) bond motifs is 1. The molecular weight excluding hydrogens is 362 g/mol. The van der Waals surface area contributed by atoms with E-state index in [1.54, 1.807) is 0 Å². The molecule has 5 nitrogen and oxygen atoms in total. The second-order valence-electron chi connectivity index (χ2n) is 8.15. The molecule has 1 fully saturated rings. The molecule has 2 aromatic rings. The molecule has 0 saturated carbocycles. The Kier molecular flexibility index (Phi) is 6.05. The Balaban J connectivity index is 1.53. The molecule has 4 rings (SSSR count). The molecule has 154 valence electrons. The van der Waals surface area contributed by atoms with Gasteiger partial charge in [-0.15, -0.1) is 0 Å². The molecule has 0 aromatic heterocycles. The molecule has 0 aliphatic carbocycles. The van der Waals surface area contributed by atoms with E-state index in [1.807, 2.05) is 35.2 Å². The molecule has 0 unspecified atom stereocenters. The predicted octanol–water partition coefficient (Wildman–Crippen LogP) is 4.30. The number of carbonyl (C=O) groups excluding carboxylic acids is 1. The zero-order valence-corrected chi connectivity index (χ0v) is 17.4. The molecule has 1 N–H and O–H groups in total. The summed E-state index contributed by atoms with van der Waals surface area (Å²) in [5.74, 6) is 0.427. The highest BCUT2D eigenvalue weighted by Crippen LogP contribution is 2.37. The van der Waals surface area contributed by atoms with Crippen LogP contribution < -0.4 is 10.2 Å². The zero-order valence-electron chi connectivity index (χ0n) is 17.4. The molecule has 2 aliphatic heterocycles. The number of amides is 1. The molecule has 5 heteroatoms. The van der Waals surface area contributed by atoms with Crippen LogP contribution in [-0.4, -0.2) is 43.7 Å². The first-order chi connectivity index (χ1) is 14.1. The highest BCUT2D eigenvalue weighted by molar-refractivity contribution is 5.69. The lowest BCUT2D eigenvalue weighted by Gasteiger charge is -2.32. The Labute approximate surface area is 173 Å². The fourth-order valence-electron chi connectivity index (χ4n) is 4.39. The highest BCUT2D eigenvalue weighted by atomic mass is 16.6. The van der Waals surface area contributed by atoms with Crippen molar-refractivity contribution >= 4 is 11.8 Å². The van der Waals surface area contributed by atoms with E-state index in [1.165, 1.54) is 16.8 Å². The van der Waals surface area contributed by atoms with Gasteiger partial charge in [0.25, 0.3) is 0 Å². The van der Waals surface area contributed by atoms with Gasteiger partial charge in [-0.3, -0.25) is 0 Å². The summed E-state index contributed by atoms with van der Waals surface area (Å²) in [5, 5.41) is 3.41. The fraction of sp³-hybridized carbons (Fsp3) is 0.458. The Morgan fingerprint density at radius 1 is 1.03 bits per heavy atom. The third kappa shape index (κ3) is 4.40. The molecule has 0 radical (unpaired) electrons. The normalized spacial score (nSPS) is 22.0. The van der Waals surface area contributed by atoms with Crippen molar-refractivity contribution in [3.63, 3.8) is 0 Å². The van der Waals surface area contributed by atoms with E-state index >= 15 is 0 Å². The zero-order chi connectivity index (χ0) is 20.2. The average Bonchev–Trinajstić information content (AvgIpc) is 2.90. The summed E-state index contributed by atoms with van der Waals surface area (Å²) in [6.45, 7) is 9.48. The van der Waals surface area contributed by atoms with Crippen LogP contribution in [0.4, 0.5) is 10.5 Å². The van der Waals surface area contributed by atoms with Crippen LogP contribution >= 0.6 is 0 Å². The van der Waals surface area contributed by atoms with Crippen LogP contribution in [0.3, 0.4) is 0 Å². The summed E-state index contributed by atoms with van der Waals surface area (Å²) in [7, 11) is 0. The van der Waals surface area contributed by atoms with Crippen LogP contribution in [0.25, 0.3) is 0 Å². The SMILES string of the molecule is C[C@@H]1c2cc(N3CCNCC3)ccc2[C@@H](C)CCN1C(=O)OCc1ccccc1. The van der Waals surface area contributed by atoms with Crippen molar-refractivity contribution in [3.8, 4) is 0 Å². The van der Waals surface area contributed by atoms with Crippen molar-refractivity contribution in [1.29, 1.82) is 0 Å². The predicted molar refractivity (Wildman–Crippen MR) is 116 cm³/mol.